The Kier molecular flexibility index (Phi) is 6.15. The fourth-order valence-electron chi connectivity index (χ4n) is 12.8. The molecule has 0 radical (unpaired) electrons. The smallest absolute Gasteiger partial charge is 0.341 e. The second-order valence-corrected chi connectivity index (χ2v) is 16.4. The van der Waals surface area contributed by atoms with E-state index in [2.05, 4.69) is 0 Å². The lowest BCUT2D eigenvalue weighted by Crippen LogP contribution is -2.70. The highest BCUT2D eigenvalue weighted by Crippen LogP contribution is 2.81. The molecule has 0 aromatic heterocycles. The van der Waals surface area contributed by atoms with Gasteiger partial charge in [0.2, 0.25) is 5.79 Å². The maximum absolute atomic E-state index is 14.4. The summed E-state index contributed by atoms with van der Waals surface area (Å²) in [6, 6.07) is 0. The van der Waals surface area contributed by atoms with Crippen LogP contribution >= 0.6 is 0 Å². The highest BCUT2D eigenvalue weighted by Gasteiger charge is 2.93. The number of carbonyl (C=O) groups excluding carboxylic acids is 5. The summed E-state index contributed by atoms with van der Waals surface area (Å²) in [5, 5.41) is 24.1. The largest absolute Gasteiger partial charge is 0.462 e. The highest BCUT2D eigenvalue weighted by atomic mass is 16.8. The van der Waals surface area contributed by atoms with Gasteiger partial charge in [-0.25, -0.2) is 4.79 Å². The van der Waals surface area contributed by atoms with E-state index >= 15 is 0 Å². The van der Waals surface area contributed by atoms with Gasteiger partial charge in [0.05, 0.1) is 11.5 Å². The van der Waals surface area contributed by atoms with Gasteiger partial charge in [-0.1, -0.05) is 20.8 Å². The van der Waals surface area contributed by atoms with Crippen molar-refractivity contribution in [1.82, 2.24) is 0 Å². The van der Waals surface area contributed by atoms with Crippen LogP contribution in [0.15, 0.2) is 0 Å². The van der Waals surface area contributed by atoms with E-state index in [4.69, 9.17) is 28.4 Å². The van der Waals surface area contributed by atoms with E-state index in [0.717, 1.165) is 0 Å². The Balaban J connectivity index is 1.36. The van der Waals surface area contributed by atoms with Gasteiger partial charge in [-0.15, -0.1) is 0 Å². The maximum atomic E-state index is 14.4. The minimum atomic E-state index is -2.05. The molecule has 13 nitrogen and oxygen atoms in total. The quantitative estimate of drug-likeness (QED) is 0.249. The fourth-order valence-corrected chi connectivity index (χ4v) is 12.8. The first kappa shape index (κ1) is 31.6. The van der Waals surface area contributed by atoms with Gasteiger partial charge in [0, 0.05) is 55.3 Å². The number of ketones is 1. The summed E-state index contributed by atoms with van der Waals surface area (Å²) in [4.78, 5) is 66.1. The van der Waals surface area contributed by atoms with Crippen LogP contribution in [0.4, 0.5) is 0 Å². The number of rotatable bonds is 3. The molecule has 5 aliphatic carbocycles. The Morgan fingerprint density at radius 3 is 2.13 bits per heavy atom. The molecule has 2 unspecified atom stereocenters. The number of Topliss-reactive ketones (excluding diaryl/α,β-unsaturated/α-hetero) is 1. The molecule has 8 aliphatic rings. The van der Waals surface area contributed by atoms with Gasteiger partial charge in [-0.2, -0.15) is 0 Å². The molecular weight excluding hydrogens is 616 g/mol. The molecule has 0 aromatic rings. The van der Waals surface area contributed by atoms with Crippen molar-refractivity contribution in [3.8, 4) is 0 Å². The van der Waals surface area contributed by atoms with Gasteiger partial charge in [-0.05, 0) is 44.4 Å². The van der Waals surface area contributed by atoms with Crippen LogP contribution in [0, 0.1) is 57.7 Å². The van der Waals surface area contributed by atoms with Crippen molar-refractivity contribution >= 4 is 29.7 Å². The van der Waals surface area contributed by atoms with E-state index in [-0.39, 0.29) is 18.4 Å². The third-order valence-corrected chi connectivity index (χ3v) is 14.7. The third kappa shape index (κ3) is 3.42. The summed E-state index contributed by atoms with van der Waals surface area (Å²) in [7, 11) is 0. The predicted molar refractivity (Wildman–Crippen MR) is 154 cm³/mol. The van der Waals surface area contributed by atoms with Crippen molar-refractivity contribution in [3.05, 3.63) is 0 Å². The van der Waals surface area contributed by atoms with Crippen molar-refractivity contribution in [2.24, 2.45) is 57.7 Å². The molecule has 8 fully saturated rings. The van der Waals surface area contributed by atoms with E-state index in [9.17, 15) is 34.2 Å². The summed E-state index contributed by atoms with van der Waals surface area (Å²) < 4.78 is 36.4. The number of ether oxygens (including phenoxy) is 6. The van der Waals surface area contributed by atoms with Crippen molar-refractivity contribution in [3.63, 3.8) is 0 Å². The second-order valence-electron chi connectivity index (χ2n) is 16.4. The van der Waals surface area contributed by atoms with Gasteiger partial charge >= 0.3 is 23.9 Å². The summed E-state index contributed by atoms with van der Waals surface area (Å²) in [6.45, 7) is 12.8. The highest BCUT2D eigenvalue weighted by molar-refractivity contribution is 5.88. The first-order valence-corrected chi connectivity index (χ1v) is 16.8. The van der Waals surface area contributed by atoms with E-state index in [1.165, 1.54) is 27.7 Å². The van der Waals surface area contributed by atoms with E-state index in [0.29, 0.717) is 6.42 Å². The van der Waals surface area contributed by atoms with Crippen LogP contribution in [-0.4, -0.2) is 94.0 Å². The molecular formula is C34H44O13. The molecule has 47 heavy (non-hydrogen) atoms. The van der Waals surface area contributed by atoms with Crippen LogP contribution in [0.5, 0.6) is 0 Å². The van der Waals surface area contributed by atoms with Crippen LogP contribution in [0.2, 0.25) is 0 Å². The number of fused-ring (bicyclic) bond motifs is 9. The molecule has 0 amide bonds. The number of esters is 4. The zero-order valence-electron chi connectivity index (χ0n) is 27.9. The number of carbonyl (C=O) groups is 5. The third-order valence-electron chi connectivity index (χ3n) is 14.7. The first-order chi connectivity index (χ1) is 21.8. The van der Waals surface area contributed by atoms with Gasteiger partial charge in [0.15, 0.2) is 11.4 Å². The molecule has 8 rings (SSSR count). The van der Waals surface area contributed by atoms with Crippen molar-refractivity contribution in [2.75, 3.05) is 0 Å². The van der Waals surface area contributed by atoms with Crippen LogP contribution in [0.1, 0.15) is 68.2 Å². The average molecular weight is 661 g/mol. The average Bonchev–Trinajstić information content (AvgIpc) is 3.87. The maximum Gasteiger partial charge on any atom is 0.341 e. The summed E-state index contributed by atoms with van der Waals surface area (Å²) in [6.07, 6.45) is -4.82. The molecule has 3 aliphatic heterocycles. The SMILES string of the molecule is CC(=O)O[C@H]1[C@@H]2[C@H]([C@H](C)[C@H]3O[C@]34OC(=O)[C@@](C)(O)[C@]24C)[C@@]2(C)[C@@H](OC(C)=O)CC3C([C@H]12)[C@@H](O)C(=O)[C@H]1C[C@@H]2O[C@@H]2[C@H](OC(C)=O)[C@]31C. The molecule has 19 atom stereocenters. The lowest BCUT2D eigenvalue weighted by Gasteiger charge is -2.63. The van der Waals surface area contributed by atoms with Crippen molar-refractivity contribution in [1.29, 1.82) is 0 Å². The van der Waals surface area contributed by atoms with E-state index in [1.807, 2.05) is 20.8 Å². The molecule has 13 heteroatoms. The Labute approximate surface area is 272 Å². The molecule has 258 valence electrons. The lowest BCUT2D eigenvalue weighted by molar-refractivity contribution is -0.235. The minimum absolute atomic E-state index is 0.228. The van der Waals surface area contributed by atoms with Crippen molar-refractivity contribution in [2.45, 2.75) is 122 Å². The van der Waals surface area contributed by atoms with Crippen LogP contribution in [0.3, 0.4) is 0 Å². The summed E-state index contributed by atoms with van der Waals surface area (Å²) in [5.74, 6) is -8.81. The zero-order chi connectivity index (χ0) is 34.1. The van der Waals surface area contributed by atoms with Gasteiger partial charge in [-0.3, -0.25) is 19.2 Å². The molecule has 3 saturated heterocycles. The summed E-state index contributed by atoms with van der Waals surface area (Å²) in [5.41, 5.74) is -5.53. The fraction of sp³-hybridized carbons (Fsp3) is 0.853. The molecule has 2 N–H and O–H groups in total. The van der Waals surface area contributed by atoms with E-state index < -0.39 is 129 Å². The molecule has 5 saturated carbocycles. The van der Waals surface area contributed by atoms with Crippen LogP contribution in [0.25, 0.3) is 0 Å². The van der Waals surface area contributed by atoms with Gasteiger partial charge in [0.25, 0.3) is 0 Å². The number of hydrogen-bond acceptors (Lipinski definition) is 13. The van der Waals surface area contributed by atoms with Gasteiger partial charge in [0.1, 0.15) is 36.6 Å². The molecule has 3 heterocycles. The van der Waals surface area contributed by atoms with Crippen LogP contribution < -0.4 is 0 Å². The molecule has 0 aromatic carbocycles. The normalized spacial score (nSPS) is 59.0. The Bertz CT molecular complexity index is 1510. The zero-order valence-corrected chi connectivity index (χ0v) is 27.9. The Hall–Kier alpha value is -2.61. The van der Waals surface area contributed by atoms with Crippen LogP contribution in [-0.2, 0) is 52.4 Å². The monoisotopic (exact) mass is 660 g/mol. The standard InChI is InChI=1S/C34H44O13/c1-11-20-22(32(7)33(8,41)29(40)47-34(32)27(11)46-34)26(43-13(3)36)21-19-15(10-18(31(20,21)6)42-12(2)35)30(5)16(23(38)24(19)39)9-17-25(45-17)28(30)44-14(4)37/h11,15-22,24-28,39,41H,9-10H2,1-8H3/t11-,15?,16+,17-,18-,19?,20-,21+,22-,24+,25-,26+,27+,28-,30+,31+,32-,33+,34-/m0/s1. The lowest BCUT2D eigenvalue weighted by atomic mass is 9.41. The topological polar surface area (TPSA) is 188 Å². The van der Waals surface area contributed by atoms with E-state index in [1.54, 1.807) is 6.92 Å². The van der Waals surface area contributed by atoms with Crippen molar-refractivity contribution < 1.29 is 62.6 Å². The Morgan fingerprint density at radius 2 is 1.51 bits per heavy atom. The number of aliphatic hydroxyl groups excluding tert-OH is 1. The minimum Gasteiger partial charge on any atom is -0.462 e. The predicted octanol–water partition coefficient (Wildman–Crippen LogP) is 1.08. The molecule has 1 spiro atoms. The van der Waals surface area contributed by atoms with Gasteiger partial charge < -0.3 is 38.6 Å². The first-order valence-electron chi connectivity index (χ1n) is 16.8. The second kappa shape index (κ2) is 9.13. The number of epoxide rings is 2. The summed E-state index contributed by atoms with van der Waals surface area (Å²) >= 11 is 0. The Morgan fingerprint density at radius 1 is 0.872 bits per heavy atom. The molecule has 0 bridgehead atoms. The number of aliphatic hydroxyl groups is 2. The number of hydrogen-bond donors (Lipinski definition) is 2.